The lowest BCUT2D eigenvalue weighted by Crippen LogP contribution is -2.17. The van der Waals surface area contributed by atoms with Gasteiger partial charge in [0, 0.05) is 39.1 Å². The van der Waals surface area contributed by atoms with Crippen molar-refractivity contribution in [2.45, 2.75) is 19.3 Å². The van der Waals surface area contributed by atoms with Crippen molar-refractivity contribution in [3.05, 3.63) is 0 Å². The first-order chi connectivity index (χ1) is 5.93. The molecule has 0 aromatic carbocycles. The van der Waals surface area contributed by atoms with Crippen molar-refractivity contribution in [2.75, 3.05) is 12.4 Å². The van der Waals surface area contributed by atoms with Crippen molar-refractivity contribution >= 4 is 38.2 Å². The molecule has 12 heavy (non-hydrogen) atoms. The summed E-state index contributed by atoms with van der Waals surface area (Å²) < 4.78 is 2.44. The van der Waals surface area contributed by atoms with E-state index in [1.165, 1.54) is 19.4 Å². The van der Waals surface area contributed by atoms with Crippen molar-refractivity contribution in [3.63, 3.8) is 0 Å². The Balaban J connectivity index is 1.91. The highest BCUT2D eigenvalue weighted by molar-refractivity contribution is 7.65. The molecule has 1 saturated heterocycles. The van der Waals surface area contributed by atoms with Gasteiger partial charge in [0.1, 0.15) is 0 Å². The molecule has 1 rings (SSSR count). The molecule has 1 fully saturated rings. The number of nitrogens with zero attached hydrogens (tertiary/aromatic N) is 1. The molecule has 0 radical (unpaired) electrons. The molecule has 3 nitrogen and oxygen atoms in total. The highest BCUT2D eigenvalue weighted by Gasteiger charge is 2.07. The second-order valence-electron chi connectivity index (χ2n) is 2.50. The van der Waals surface area contributed by atoms with E-state index >= 15 is 0 Å². The Bertz CT molecular complexity index is 112. The van der Waals surface area contributed by atoms with Gasteiger partial charge in [-0.3, -0.25) is 9.72 Å². The van der Waals surface area contributed by atoms with E-state index in [2.05, 4.69) is 14.2 Å². The van der Waals surface area contributed by atoms with Crippen LogP contribution in [0.25, 0.3) is 0 Å². The summed E-state index contributed by atoms with van der Waals surface area (Å²) >= 11 is 5.59. The molecule has 0 amide bonds. The standard InChI is InChI=1S/C5H15ClN3P3/c6-4-2-1-3-5-9-11-7-10-8-12-9/h7-8,10-12H,1-5H2. The molecule has 0 bridgehead atoms. The third kappa shape index (κ3) is 5.25. The molecule has 2 unspecified atom stereocenters. The average molecular weight is 246 g/mol. The Morgan fingerprint density at radius 3 is 2.50 bits per heavy atom. The van der Waals surface area contributed by atoms with Crippen molar-refractivity contribution < 1.29 is 0 Å². The van der Waals surface area contributed by atoms with Gasteiger partial charge < -0.3 is 0 Å². The third-order valence-electron chi connectivity index (χ3n) is 1.52. The number of hydrogen-bond donors (Lipinski definition) is 2. The Morgan fingerprint density at radius 1 is 1.08 bits per heavy atom. The van der Waals surface area contributed by atoms with Crippen LogP contribution >= 0.6 is 38.2 Å². The quantitative estimate of drug-likeness (QED) is 0.443. The van der Waals surface area contributed by atoms with Crippen LogP contribution in [-0.4, -0.2) is 16.9 Å². The second kappa shape index (κ2) is 7.83. The molecular weight excluding hydrogens is 230 g/mol. The smallest absolute Gasteiger partial charge is 0.0302 e. The number of nitrogens with one attached hydrogen (secondary N) is 2. The monoisotopic (exact) mass is 245 g/mol. The summed E-state index contributed by atoms with van der Waals surface area (Å²) in [7, 11) is 2.39. The fourth-order valence-corrected chi connectivity index (χ4v) is 5.20. The van der Waals surface area contributed by atoms with Crippen LogP contribution in [0.15, 0.2) is 0 Å². The summed E-state index contributed by atoms with van der Waals surface area (Å²) in [6.07, 6.45) is 3.70. The first-order valence-corrected chi connectivity index (χ1v) is 7.46. The van der Waals surface area contributed by atoms with E-state index in [0.717, 1.165) is 38.9 Å². The van der Waals surface area contributed by atoms with Gasteiger partial charge in [0.15, 0.2) is 0 Å². The first kappa shape index (κ1) is 11.5. The summed E-state index contributed by atoms with van der Waals surface area (Å²) in [6.45, 7) is 1.21. The van der Waals surface area contributed by atoms with E-state index in [1.54, 1.807) is 0 Å². The lowest BCUT2D eigenvalue weighted by molar-refractivity contribution is 0.616. The molecule has 0 saturated carbocycles. The SMILES string of the molecule is ClCCCCCN1PNPNP1. The van der Waals surface area contributed by atoms with E-state index < -0.39 is 0 Å². The number of unbranched alkanes of at least 4 members (excludes halogenated alkanes) is 2. The average Bonchev–Trinajstić information content (AvgIpc) is 2.14. The lowest BCUT2D eigenvalue weighted by atomic mass is 10.2. The molecule has 1 aliphatic rings. The van der Waals surface area contributed by atoms with Crippen molar-refractivity contribution in [3.8, 4) is 0 Å². The highest BCUT2D eigenvalue weighted by atomic mass is 35.5. The van der Waals surface area contributed by atoms with Gasteiger partial charge in [-0.25, -0.2) is 4.44 Å². The molecule has 7 heteroatoms. The normalized spacial score (nSPS) is 25.8. The number of alkyl halides is 1. The fourth-order valence-electron chi connectivity index (χ4n) is 0.903. The maximum absolute atomic E-state index is 5.59. The second-order valence-corrected chi connectivity index (χ2v) is 7.10. The molecule has 0 spiro atoms. The zero-order valence-electron chi connectivity index (χ0n) is 6.86. The zero-order valence-corrected chi connectivity index (χ0v) is 10.6. The van der Waals surface area contributed by atoms with Crippen LogP contribution in [0.1, 0.15) is 19.3 Å². The zero-order chi connectivity index (χ0) is 8.65. The van der Waals surface area contributed by atoms with Gasteiger partial charge in [-0.1, -0.05) is 6.42 Å². The Morgan fingerprint density at radius 2 is 1.83 bits per heavy atom. The van der Waals surface area contributed by atoms with Crippen LogP contribution in [0.2, 0.25) is 0 Å². The Kier molecular flexibility index (Phi) is 7.52. The summed E-state index contributed by atoms with van der Waals surface area (Å²) in [5.74, 6) is 0.808. The van der Waals surface area contributed by atoms with Crippen molar-refractivity contribution in [1.29, 1.82) is 0 Å². The van der Waals surface area contributed by atoms with Gasteiger partial charge in [0.05, 0.1) is 0 Å². The van der Waals surface area contributed by atoms with Crippen LogP contribution in [0.3, 0.4) is 0 Å². The van der Waals surface area contributed by atoms with E-state index in [9.17, 15) is 0 Å². The fraction of sp³-hybridized carbons (Fsp3) is 1.00. The predicted octanol–water partition coefficient (Wildman–Crippen LogP) is 2.42. The summed E-state index contributed by atoms with van der Waals surface area (Å²) in [5, 5.41) is 0. The molecule has 2 N–H and O–H groups in total. The van der Waals surface area contributed by atoms with Crippen molar-refractivity contribution in [1.82, 2.24) is 14.2 Å². The highest BCUT2D eigenvalue weighted by Crippen LogP contribution is 2.37. The van der Waals surface area contributed by atoms with Gasteiger partial charge in [-0.15, -0.1) is 11.6 Å². The molecule has 1 aliphatic heterocycles. The minimum Gasteiger partial charge on any atom is -0.253 e. The van der Waals surface area contributed by atoms with Crippen LogP contribution in [0.4, 0.5) is 0 Å². The van der Waals surface area contributed by atoms with Gasteiger partial charge in [-0.2, -0.15) is 0 Å². The number of hydrogen-bond acceptors (Lipinski definition) is 3. The predicted molar refractivity (Wildman–Crippen MR) is 62.5 cm³/mol. The maximum atomic E-state index is 5.59. The van der Waals surface area contributed by atoms with Crippen LogP contribution in [0.5, 0.6) is 0 Å². The van der Waals surface area contributed by atoms with Crippen molar-refractivity contribution in [2.24, 2.45) is 0 Å². The molecule has 72 valence electrons. The molecule has 1 heterocycles. The number of halogens is 1. The van der Waals surface area contributed by atoms with Crippen LogP contribution in [-0.2, 0) is 0 Å². The van der Waals surface area contributed by atoms with E-state index in [0.29, 0.717) is 0 Å². The molecule has 0 aromatic heterocycles. The third-order valence-corrected chi connectivity index (χ3v) is 5.34. The van der Waals surface area contributed by atoms with E-state index in [4.69, 9.17) is 11.6 Å². The molecular formula is C5H15ClN3P3. The summed E-state index contributed by atoms with van der Waals surface area (Å²) in [6, 6.07) is 0. The Labute approximate surface area is 84.4 Å². The molecule has 0 aliphatic carbocycles. The van der Waals surface area contributed by atoms with Crippen LogP contribution in [0, 0.1) is 0 Å². The summed E-state index contributed by atoms with van der Waals surface area (Å²) in [5.41, 5.74) is 0. The van der Waals surface area contributed by atoms with Gasteiger partial charge >= 0.3 is 0 Å². The number of rotatable bonds is 5. The van der Waals surface area contributed by atoms with E-state index in [-0.39, 0.29) is 0 Å². The van der Waals surface area contributed by atoms with Gasteiger partial charge in [-0.05, 0) is 12.8 Å². The minimum absolute atomic E-state index is 0.755. The topological polar surface area (TPSA) is 27.3 Å². The first-order valence-electron chi connectivity index (χ1n) is 4.03. The van der Waals surface area contributed by atoms with Gasteiger partial charge in [0.2, 0.25) is 0 Å². The van der Waals surface area contributed by atoms with E-state index in [1.807, 2.05) is 0 Å². The summed E-state index contributed by atoms with van der Waals surface area (Å²) in [4.78, 5) is 6.65. The minimum atomic E-state index is 0.755. The molecule has 2 atom stereocenters. The largest absolute Gasteiger partial charge is 0.253 e. The maximum Gasteiger partial charge on any atom is 0.0302 e. The Hall–Kier alpha value is 1.46. The van der Waals surface area contributed by atoms with Crippen LogP contribution < -0.4 is 9.72 Å². The lowest BCUT2D eigenvalue weighted by Gasteiger charge is -2.26. The van der Waals surface area contributed by atoms with Gasteiger partial charge in [0.25, 0.3) is 0 Å². The molecule has 0 aromatic rings.